The topological polar surface area (TPSA) is 83.9 Å². The number of carboxylic acid groups (broad SMARTS) is 1. The van der Waals surface area contributed by atoms with Gasteiger partial charge in [-0.25, -0.2) is 4.79 Å². The molecular formula is C13H21NO5. The van der Waals surface area contributed by atoms with E-state index in [2.05, 4.69) is 0 Å². The van der Waals surface area contributed by atoms with Crippen molar-refractivity contribution < 1.29 is 24.2 Å². The maximum absolute atomic E-state index is 12.4. The van der Waals surface area contributed by atoms with Gasteiger partial charge in [-0.3, -0.25) is 14.5 Å². The minimum atomic E-state index is -1.17. The van der Waals surface area contributed by atoms with Gasteiger partial charge in [-0.2, -0.15) is 0 Å². The minimum absolute atomic E-state index is 0.0224. The fraction of sp³-hybridized carbons (Fsp3) is 0.769. The summed E-state index contributed by atoms with van der Waals surface area (Å²) in [5, 5.41) is 9.20. The van der Waals surface area contributed by atoms with Crippen molar-refractivity contribution in [1.82, 2.24) is 4.90 Å². The van der Waals surface area contributed by atoms with Crippen molar-refractivity contribution in [3.05, 3.63) is 0 Å². The highest BCUT2D eigenvalue weighted by atomic mass is 16.5. The van der Waals surface area contributed by atoms with Gasteiger partial charge >= 0.3 is 5.97 Å². The predicted octanol–water partition coefficient (Wildman–Crippen LogP) is 0.897. The molecule has 0 bridgehead atoms. The molecule has 0 aromatic carbocycles. The smallest absolute Gasteiger partial charge is 0.327 e. The first-order valence-electron chi connectivity index (χ1n) is 6.34. The number of carbonyl (C=O) groups is 3. The van der Waals surface area contributed by atoms with Crippen LogP contribution < -0.4 is 0 Å². The first-order valence-corrected chi connectivity index (χ1v) is 6.34. The fourth-order valence-corrected chi connectivity index (χ4v) is 2.22. The Labute approximate surface area is 112 Å². The summed E-state index contributed by atoms with van der Waals surface area (Å²) in [6.45, 7) is 5.62. The highest BCUT2D eigenvalue weighted by Gasteiger charge is 2.53. The minimum Gasteiger partial charge on any atom is -0.480 e. The van der Waals surface area contributed by atoms with Crippen LogP contribution in [-0.2, 0) is 19.1 Å². The number of carboxylic acids is 1. The first kappa shape index (κ1) is 15.6. The molecule has 108 valence electrons. The summed E-state index contributed by atoms with van der Waals surface area (Å²) < 4.78 is 4.84. The zero-order valence-electron chi connectivity index (χ0n) is 11.8. The summed E-state index contributed by atoms with van der Waals surface area (Å²) >= 11 is 0. The highest BCUT2D eigenvalue weighted by molar-refractivity contribution is 6.08. The fourth-order valence-electron chi connectivity index (χ4n) is 2.22. The lowest BCUT2D eigenvalue weighted by atomic mass is 9.78. The summed E-state index contributed by atoms with van der Waals surface area (Å²) in [4.78, 5) is 36.6. The summed E-state index contributed by atoms with van der Waals surface area (Å²) in [6.07, 6.45) is 0.178. The van der Waals surface area contributed by atoms with Crippen LogP contribution in [0.4, 0.5) is 0 Å². The van der Waals surface area contributed by atoms with Crippen LogP contribution in [0.2, 0.25) is 0 Å². The molecule has 1 aliphatic rings. The van der Waals surface area contributed by atoms with E-state index in [1.54, 1.807) is 6.92 Å². The molecule has 0 saturated carbocycles. The maximum atomic E-state index is 12.4. The Morgan fingerprint density at radius 1 is 1.47 bits per heavy atom. The van der Waals surface area contributed by atoms with Crippen LogP contribution in [0.25, 0.3) is 0 Å². The molecule has 0 aliphatic carbocycles. The predicted molar refractivity (Wildman–Crippen MR) is 67.3 cm³/mol. The molecule has 19 heavy (non-hydrogen) atoms. The number of hydrogen-bond acceptors (Lipinski definition) is 4. The van der Waals surface area contributed by atoms with Crippen molar-refractivity contribution in [1.29, 1.82) is 0 Å². The molecule has 2 atom stereocenters. The molecule has 2 unspecified atom stereocenters. The lowest BCUT2D eigenvalue weighted by molar-refractivity contribution is -0.156. The van der Waals surface area contributed by atoms with Crippen LogP contribution in [0.3, 0.4) is 0 Å². The average Bonchev–Trinajstić information content (AvgIpc) is 2.53. The van der Waals surface area contributed by atoms with Crippen molar-refractivity contribution in [2.45, 2.75) is 39.7 Å². The van der Waals surface area contributed by atoms with Gasteiger partial charge < -0.3 is 9.84 Å². The van der Waals surface area contributed by atoms with Gasteiger partial charge in [-0.05, 0) is 12.8 Å². The van der Waals surface area contributed by atoms with E-state index in [0.717, 1.165) is 4.90 Å². The molecule has 1 aliphatic heterocycles. The van der Waals surface area contributed by atoms with Crippen LogP contribution >= 0.6 is 0 Å². The van der Waals surface area contributed by atoms with Gasteiger partial charge in [-0.15, -0.1) is 0 Å². The number of aliphatic carboxylic acids is 1. The van der Waals surface area contributed by atoms with Crippen molar-refractivity contribution in [2.75, 3.05) is 13.7 Å². The van der Waals surface area contributed by atoms with E-state index in [9.17, 15) is 19.5 Å². The third-order valence-electron chi connectivity index (χ3n) is 3.96. The summed E-state index contributed by atoms with van der Waals surface area (Å²) in [5.41, 5.74) is -0.808. The molecular weight excluding hydrogens is 250 g/mol. The summed E-state index contributed by atoms with van der Waals surface area (Å²) in [5.74, 6) is -2.00. The summed E-state index contributed by atoms with van der Waals surface area (Å²) in [7, 11) is 1.45. The van der Waals surface area contributed by atoms with E-state index in [1.807, 2.05) is 13.8 Å². The molecule has 1 heterocycles. The van der Waals surface area contributed by atoms with Crippen molar-refractivity contribution in [3.8, 4) is 0 Å². The molecule has 6 heteroatoms. The van der Waals surface area contributed by atoms with E-state index in [1.165, 1.54) is 7.11 Å². The number of likely N-dealkylation sites (tertiary alicyclic amines) is 1. The molecule has 1 N–H and O–H groups in total. The molecule has 6 nitrogen and oxygen atoms in total. The second-order valence-electron chi connectivity index (χ2n) is 5.45. The number of carbonyl (C=O) groups excluding carboxylic acids is 2. The third-order valence-corrected chi connectivity index (χ3v) is 3.96. The van der Waals surface area contributed by atoms with Gasteiger partial charge in [0, 0.05) is 26.6 Å². The molecule has 0 spiro atoms. The third kappa shape index (κ3) is 2.78. The Balaban J connectivity index is 3.01. The lowest BCUT2D eigenvalue weighted by Crippen LogP contribution is -2.47. The zero-order chi connectivity index (χ0) is 14.8. The standard InChI is InChI=1S/C13H21NO5/c1-8(2)13(3)7-10(15)14(12(13)18)9(11(16)17)5-6-19-4/h8-9H,5-7H2,1-4H3,(H,16,17). The van der Waals surface area contributed by atoms with E-state index in [-0.39, 0.29) is 25.4 Å². The molecule has 0 radical (unpaired) electrons. The van der Waals surface area contributed by atoms with Gasteiger partial charge in [0.2, 0.25) is 11.8 Å². The van der Waals surface area contributed by atoms with E-state index in [0.29, 0.717) is 0 Å². The van der Waals surface area contributed by atoms with E-state index < -0.39 is 29.2 Å². The molecule has 1 saturated heterocycles. The Morgan fingerprint density at radius 2 is 2.05 bits per heavy atom. The quantitative estimate of drug-likeness (QED) is 0.725. The van der Waals surface area contributed by atoms with Crippen LogP contribution in [-0.4, -0.2) is 47.5 Å². The summed E-state index contributed by atoms with van der Waals surface area (Å²) in [6, 6.07) is -1.14. The second kappa shape index (κ2) is 5.69. The zero-order valence-corrected chi connectivity index (χ0v) is 11.8. The Kier molecular flexibility index (Phi) is 4.68. The SMILES string of the molecule is COCCC(C(=O)O)N1C(=O)CC(C)(C(C)C)C1=O. The van der Waals surface area contributed by atoms with Crippen molar-refractivity contribution in [3.63, 3.8) is 0 Å². The van der Waals surface area contributed by atoms with Gasteiger partial charge in [0.25, 0.3) is 0 Å². The molecule has 1 rings (SSSR count). The van der Waals surface area contributed by atoms with E-state index in [4.69, 9.17) is 4.74 Å². The number of ether oxygens (including phenoxy) is 1. The average molecular weight is 271 g/mol. The second-order valence-corrected chi connectivity index (χ2v) is 5.45. The molecule has 0 aromatic rings. The molecule has 1 fully saturated rings. The maximum Gasteiger partial charge on any atom is 0.327 e. The monoisotopic (exact) mass is 271 g/mol. The van der Waals surface area contributed by atoms with Crippen molar-refractivity contribution in [2.24, 2.45) is 11.3 Å². The van der Waals surface area contributed by atoms with Crippen LogP contribution in [0, 0.1) is 11.3 Å². The Hall–Kier alpha value is -1.43. The molecule has 0 aromatic heterocycles. The van der Waals surface area contributed by atoms with Crippen LogP contribution in [0.15, 0.2) is 0 Å². The van der Waals surface area contributed by atoms with Crippen LogP contribution in [0.1, 0.15) is 33.6 Å². The number of amides is 2. The molecule has 2 amide bonds. The van der Waals surface area contributed by atoms with Crippen molar-refractivity contribution >= 4 is 17.8 Å². The Morgan fingerprint density at radius 3 is 2.42 bits per heavy atom. The number of nitrogens with zero attached hydrogens (tertiary/aromatic N) is 1. The van der Waals surface area contributed by atoms with Gasteiger partial charge in [-0.1, -0.05) is 13.8 Å². The Bertz CT molecular complexity index is 392. The number of hydrogen-bond donors (Lipinski definition) is 1. The first-order chi connectivity index (χ1) is 8.75. The van der Waals surface area contributed by atoms with E-state index >= 15 is 0 Å². The van der Waals surface area contributed by atoms with Gasteiger partial charge in [0.05, 0.1) is 5.41 Å². The number of imide groups is 1. The largest absolute Gasteiger partial charge is 0.480 e. The normalized spacial score (nSPS) is 25.2. The number of methoxy groups -OCH3 is 1. The van der Waals surface area contributed by atoms with Gasteiger partial charge in [0.15, 0.2) is 0 Å². The lowest BCUT2D eigenvalue weighted by Gasteiger charge is -2.28. The highest BCUT2D eigenvalue weighted by Crippen LogP contribution is 2.40. The van der Waals surface area contributed by atoms with Crippen LogP contribution in [0.5, 0.6) is 0 Å². The number of rotatable bonds is 6. The van der Waals surface area contributed by atoms with Gasteiger partial charge in [0.1, 0.15) is 6.04 Å².